The molecule has 8 heteroatoms. The molecule has 4 fully saturated rings. The third-order valence-electron chi connectivity index (χ3n) is 7.00. The minimum atomic E-state index is -0.575. The van der Waals surface area contributed by atoms with Crippen LogP contribution in [0.5, 0.6) is 11.5 Å². The number of nitro groups is 1. The summed E-state index contributed by atoms with van der Waals surface area (Å²) in [4.78, 5) is 23.6. The monoisotopic (exact) mass is 401 g/mol. The number of aromatic hydroxyl groups is 1. The van der Waals surface area contributed by atoms with E-state index in [-0.39, 0.29) is 39.5 Å². The minimum Gasteiger partial charge on any atom is -0.504 e. The van der Waals surface area contributed by atoms with E-state index in [2.05, 4.69) is 24.4 Å². The number of nitrogens with zero attached hydrogens (tertiary/aromatic N) is 2. The zero-order valence-corrected chi connectivity index (χ0v) is 17.0. The molecule has 0 aromatic heterocycles. The van der Waals surface area contributed by atoms with E-state index in [1.807, 2.05) is 0 Å². The van der Waals surface area contributed by atoms with E-state index in [1.54, 1.807) is 0 Å². The van der Waals surface area contributed by atoms with Gasteiger partial charge in [-0.05, 0) is 55.3 Å². The van der Waals surface area contributed by atoms with Crippen molar-refractivity contribution in [1.29, 1.82) is 0 Å². The second kappa shape index (κ2) is 6.43. The lowest BCUT2D eigenvalue weighted by Crippen LogP contribution is -2.59. The van der Waals surface area contributed by atoms with Gasteiger partial charge >= 0.3 is 0 Å². The SMILES string of the molecule is COc1cc([N+](=O)[O-])cc(/C=N/NC(=O)C23CC4CC(C)(CC(C)(C4)C2)C3)c1O. The maximum atomic E-state index is 13.1. The molecule has 4 aliphatic carbocycles. The van der Waals surface area contributed by atoms with Crippen LogP contribution in [0.3, 0.4) is 0 Å². The van der Waals surface area contributed by atoms with Crippen molar-refractivity contribution < 1.29 is 19.6 Å². The van der Waals surface area contributed by atoms with E-state index < -0.39 is 10.3 Å². The van der Waals surface area contributed by atoms with Gasteiger partial charge in [-0.3, -0.25) is 14.9 Å². The Labute approximate surface area is 169 Å². The zero-order chi connectivity index (χ0) is 21.0. The van der Waals surface area contributed by atoms with Gasteiger partial charge in [-0.2, -0.15) is 5.10 Å². The number of carbonyl (C=O) groups is 1. The van der Waals surface area contributed by atoms with E-state index in [0.29, 0.717) is 5.92 Å². The molecule has 2 unspecified atom stereocenters. The molecule has 2 N–H and O–H groups in total. The maximum Gasteiger partial charge on any atom is 0.274 e. The summed E-state index contributed by atoms with van der Waals surface area (Å²) in [5, 5.41) is 25.3. The van der Waals surface area contributed by atoms with Crippen LogP contribution in [0.25, 0.3) is 0 Å². The van der Waals surface area contributed by atoms with Crippen LogP contribution >= 0.6 is 0 Å². The Bertz CT molecular complexity index is 894. The van der Waals surface area contributed by atoms with Gasteiger partial charge < -0.3 is 9.84 Å². The van der Waals surface area contributed by atoms with Crippen molar-refractivity contribution in [2.75, 3.05) is 7.11 Å². The van der Waals surface area contributed by atoms with Crippen molar-refractivity contribution >= 4 is 17.8 Å². The topological polar surface area (TPSA) is 114 Å². The number of methoxy groups -OCH3 is 1. The van der Waals surface area contributed by atoms with Crippen molar-refractivity contribution in [3.05, 3.63) is 27.8 Å². The van der Waals surface area contributed by atoms with Crippen LogP contribution in [0.4, 0.5) is 5.69 Å². The molecule has 0 heterocycles. The van der Waals surface area contributed by atoms with Gasteiger partial charge in [0.25, 0.3) is 5.69 Å². The normalized spacial score (nSPS) is 35.1. The molecule has 29 heavy (non-hydrogen) atoms. The van der Waals surface area contributed by atoms with Gasteiger partial charge in [0.1, 0.15) is 0 Å². The van der Waals surface area contributed by atoms with E-state index in [1.165, 1.54) is 38.7 Å². The van der Waals surface area contributed by atoms with Crippen molar-refractivity contribution in [3.8, 4) is 11.5 Å². The van der Waals surface area contributed by atoms with E-state index in [9.17, 15) is 20.0 Å². The first-order valence-electron chi connectivity index (χ1n) is 9.96. The molecule has 8 nitrogen and oxygen atoms in total. The van der Waals surface area contributed by atoms with Gasteiger partial charge in [0.05, 0.1) is 29.7 Å². The van der Waals surface area contributed by atoms with Crippen LogP contribution in [0.15, 0.2) is 17.2 Å². The average Bonchev–Trinajstić information content (AvgIpc) is 2.59. The van der Waals surface area contributed by atoms with Crippen molar-refractivity contribution in [2.45, 2.75) is 52.4 Å². The van der Waals surface area contributed by atoms with Crippen LogP contribution < -0.4 is 10.2 Å². The lowest BCUT2D eigenvalue weighted by Gasteiger charge is -2.64. The van der Waals surface area contributed by atoms with Crippen molar-refractivity contribution in [3.63, 3.8) is 0 Å². The number of non-ortho nitro benzene ring substituents is 1. The second-order valence-electron chi connectivity index (χ2n) is 9.95. The summed E-state index contributed by atoms with van der Waals surface area (Å²) in [5.41, 5.74) is 2.55. The van der Waals surface area contributed by atoms with Crippen LogP contribution in [-0.2, 0) is 4.79 Å². The molecule has 4 bridgehead atoms. The number of phenols is 1. The number of hydrogen-bond donors (Lipinski definition) is 2. The maximum absolute atomic E-state index is 13.1. The standard InChI is InChI=1S/C21H27N3O5/c1-19-6-13-7-20(2,10-19)12-21(8-13,11-19)18(26)23-22-9-14-4-15(24(27)28)5-16(29-3)17(14)25/h4-5,9,13,25H,6-8,10-12H2,1-3H3,(H,23,26)/b22-9+. The molecule has 5 rings (SSSR count). The Hall–Kier alpha value is -2.64. The number of carbonyl (C=O) groups excluding carboxylic acids is 1. The Morgan fingerprint density at radius 1 is 1.28 bits per heavy atom. The highest BCUT2D eigenvalue weighted by Crippen LogP contribution is 2.69. The number of benzene rings is 1. The number of nitrogens with one attached hydrogen (secondary N) is 1. The summed E-state index contributed by atoms with van der Waals surface area (Å²) in [6, 6.07) is 2.34. The van der Waals surface area contributed by atoms with Crippen LogP contribution in [0.1, 0.15) is 57.9 Å². The molecule has 1 aromatic carbocycles. The molecule has 4 saturated carbocycles. The Morgan fingerprint density at radius 2 is 1.93 bits per heavy atom. The molecule has 156 valence electrons. The average molecular weight is 401 g/mol. The summed E-state index contributed by atoms with van der Waals surface area (Å²) < 4.78 is 4.99. The fraction of sp³-hybridized carbons (Fsp3) is 0.619. The third-order valence-corrected chi connectivity index (χ3v) is 7.00. The predicted octanol–water partition coefficient (Wildman–Crippen LogP) is 3.76. The Kier molecular flexibility index (Phi) is 4.36. The van der Waals surface area contributed by atoms with Gasteiger partial charge in [0, 0.05) is 11.6 Å². The Balaban J connectivity index is 1.54. The first kappa shape index (κ1) is 19.7. The van der Waals surface area contributed by atoms with Gasteiger partial charge in [-0.1, -0.05) is 13.8 Å². The highest BCUT2D eigenvalue weighted by molar-refractivity contribution is 5.89. The van der Waals surface area contributed by atoms with Crippen molar-refractivity contribution in [1.82, 2.24) is 5.43 Å². The molecule has 0 spiro atoms. The van der Waals surface area contributed by atoms with Crippen LogP contribution in [0, 0.1) is 32.3 Å². The van der Waals surface area contributed by atoms with E-state index >= 15 is 0 Å². The van der Waals surface area contributed by atoms with Gasteiger partial charge in [-0.15, -0.1) is 0 Å². The molecule has 0 aliphatic heterocycles. The highest BCUT2D eigenvalue weighted by Gasteiger charge is 2.62. The van der Waals surface area contributed by atoms with Crippen LogP contribution in [-0.4, -0.2) is 29.3 Å². The number of hydrogen-bond acceptors (Lipinski definition) is 6. The van der Waals surface area contributed by atoms with E-state index in [4.69, 9.17) is 4.74 Å². The molecule has 0 saturated heterocycles. The molecular weight excluding hydrogens is 374 g/mol. The number of nitro benzene ring substituents is 1. The summed E-state index contributed by atoms with van der Waals surface area (Å²) in [6.07, 6.45) is 7.45. The highest BCUT2D eigenvalue weighted by atomic mass is 16.6. The smallest absolute Gasteiger partial charge is 0.274 e. The molecular formula is C21H27N3O5. The van der Waals surface area contributed by atoms with Crippen molar-refractivity contribution in [2.24, 2.45) is 27.3 Å². The van der Waals surface area contributed by atoms with E-state index in [0.717, 1.165) is 25.3 Å². The fourth-order valence-corrected chi connectivity index (χ4v) is 6.95. The first-order valence-corrected chi connectivity index (χ1v) is 9.96. The minimum absolute atomic E-state index is 0.0195. The van der Waals surface area contributed by atoms with Gasteiger partial charge in [0.2, 0.25) is 5.91 Å². The lowest BCUT2D eigenvalue weighted by atomic mass is 9.40. The summed E-state index contributed by atoms with van der Waals surface area (Å²) in [7, 11) is 1.32. The molecule has 2 atom stereocenters. The summed E-state index contributed by atoms with van der Waals surface area (Å²) in [6.45, 7) is 4.60. The quantitative estimate of drug-likeness (QED) is 0.443. The molecule has 1 amide bonds. The Morgan fingerprint density at radius 3 is 2.48 bits per heavy atom. The number of hydrazone groups is 1. The predicted molar refractivity (Wildman–Crippen MR) is 107 cm³/mol. The lowest BCUT2D eigenvalue weighted by molar-refractivity contribution is -0.385. The molecule has 0 radical (unpaired) electrons. The fourth-order valence-electron chi connectivity index (χ4n) is 6.95. The largest absolute Gasteiger partial charge is 0.504 e. The number of rotatable bonds is 5. The van der Waals surface area contributed by atoms with Gasteiger partial charge in [-0.25, -0.2) is 5.43 Å². The number of phenolic OH excluding ortho intramolecular Hbond substituents is 1. The second-order valence-corrected chi connectivity index (χ2v) is 9.95. The number of ether oxygens (including phenoxy) is 1. The van der Waals surface area contributed by atoms with Gasteiger partial charge in [0.15, 0.2) is 11.5 Å². The molecule has 4 aliphatic rings. The third kappa shape index (κ3) is 3.34. The summed E-state index contributed by atoms with van der Waals surface area (Å²) in [5.74, 6) is 0.216. The van der Waals surface area contributed by atoms with Crippen LogP contribution in [0.2, 0.25) is 0 Å². The first-order chi connectivity index (χ1) is 13.6. The molecule has 1 aromatic rings. The summed E-state index contributed by atoms with van der Waals surface area (Å²) >= 11 is 0. The zero-order valence-electron chi connectivity index (χ0n) is 17.0. The number of amides is 1.